The molecule has 1 N–H and O–H groups in total. The molecule has 3 aliphatic heterocycles. The first-order chi connectivity index (χ1) is 25.4. The van der Waals surface area contributed by atoms with Crippen molar-refractivity contribution in [3.8, 4) is 0 Å². The van der Waals surface area contributed by atoms with E-state index in [-0.39, 0.29) is 22.3 Å². The SMILES string of the molecule is CC(=O)O[C@@H]1[C@@H](C)O[C@@H](O[C@H]2CC[C@@H](O[C@@H]3[C@@H](OC(=O)c4ccccc4)[C@@H](OC(=O)c4ccccc4)[C@@H](O)O[C@H]3C)O[C@H]2C)C[C@H]1O[Si](C)(C)C(C)(C)C. The lowest BCUT2D eigenvalue weighted by atomic mass is 9.98. The number of hydrogen-bond acceptors (Lipinski definition) is 13. The molecular weight excluding hydrogens is 717 g/mol. The van der Waals surface area contributed by atoms with Crippen molar-refractivity contribution in [1.82, 2.24) is 0 Å². The number of carbonyl (C=O) groups is 3. The highest BCUT2D eigenvalue weighted by Gasteiger charge is 2.51. The van der Waals surface area contributed by atoms with Crippen molar-refractivity contribution in [3.63, 3.8) is 0 Å². The van der Waals surface area contributed by atoms with Crippen molar-refractivity contribution in [2.75, 3.05) is 0 Å². The van der Waals surface area contributed by atoms with Crippen molar-refractivity contribution in [1.29, 1.82) is 0 Å². The van der Waals surface area contributed by atoms with Crippen molar-refractivity contribution in [2.24, 2.45) is 0 Å². The van der Waals surface area contributed by atoms with Gasteiger partial charge in [-0.25, -0.2) is 9.59 Å². The van der Waals surface area contributed by atoms with E-state index in [4.69, 9.17) is 42.3 Å². The fourth-order valence-corrected chi connectivity index (χ4v) is 8.01. The third-order valence-electron chi connectivity index (χ3n) is 10.6. The molecule has 0 amide bonds. The maximum Gasteiger partial charge on any atom is 0.338 e. The second-order valence-corrected chi connectivity index (χ2v) is 20.6. The van der Waals surface area contributed by atoms with Crippen LogP contribution in [0, 0.1) is 0 Å². The summed E-state index contributed by atoms with van der Waals surface area (Å²) >= 11 is 0. The van der Waals surface area contributed by atoms with E-state index in [0.29, 0.717) is 19.3 Å². The van der Waals surface area contributed by atoms with Gasteiger partial charge in [-0.1, -0.05) is 57.2 Å². The molecule has 3 saturated heterocycles. The van der Waals surface area contributed by atoms with Gasteiger partial charge in [0.25, 0.3) is 0 Å². The van der Waals surface area contributed by atoms with Gasteiger partial charge in [-0.3, -0.25) is 4.79 Å². The average Bonchev–Trinajstić information content (AvgIpc) is 3.10. The minimum absolute atomic E-state index is 0.0617. The number of ether oxygens (including phenoxy) is 8. The maximum absolute atomic E-state index is 13.4. The van der Waals surface area contributed by atoms with Crippen molar-refractivity contribution >= 4 is 26.2 Å². The summed E-state index contributed by atoms with van der Waals surface area (Å²) in [4.78, 5) is 38.5. The van der Waals surface area contributed by atoms with E-state index in [1.54, 1.807) is 67.6 Å². The Morgan fingerprint density at radius 3 is 1.74 bits per heavy atom. The smallest absolute Gasteiger partial charge is 0.338 e. The lowest BCUT2D eigenvalue weighted by Crippen LogP contribution is -2.61. The Bertz CT molecular complexity index is 1550. The molecule has 3 fully saturated rings. The molecule has 13 nitrogen and oxygen atoms in total. The Hall–Kier alpha value is -3.21. The summed E-state index contributed by atoms with van der Waals surface area (Å²) in [6.07, 6.45) is -8.42. The van der Waals surface area contributed by atoms with Gasteiger partial charge in [0.2, 0.25) is 0 Å². The predicted molar refractivity (Wildman–Crippen MR) is 198 cm³/mol. The standard InChI is InChI=1S/C40H56O13Si/c1-23-29(49-32-22-30(53-54(8,9)40(5,6)7)33(24(2)46-32)48-26(4)41)20-21-31(45-23)50-34-25(3)47-39(44)36(52-38(43)28-18-14-11-15-19-28)35(34)51-37(42)27-16-12-10-13-17-27/h10-19,23-25,29-36,39,44H,20-22H2,1-9H3/t23-,24+,25-,29-,30+,31+,32-,33+,34-,35+,36+,39-/m0/s1. The zero-order valence-corrected chi connectivity index (χ0v) is 33.7. The van der Waals surface area contributed by atoms with E-state index >= 15 is 0 Å². The number of aliphatic hydroxyl groups is 1. The summed E-state index contributed by atoms with van der Waals surface area (Å²) in [5, 5.41) is 10.9. The molecule has 3 heterocycles. The minimum atomic E-state index is -2.25. The Balaban J connectivity index is 1.27. The molecule has 0 aromatic heterocycles. The normalized spacial score (nSPS) is 33.4. The Morgan fingerprint density at radius 2 is 1.20 bits per heavy atom. The molecule has 0 unspecified atom stereocenters. The first kappa shape index (κ1) is 41.9. The summed E-state index contributed by atoms with van der Waals surface area (Å²) in [7, 11) is -2.25. The highest BCUT2D eigenvalue weighted by atomic mass is 28.4. The summed E-state index contributed by atoms with van der Waals surface area (Å²) in [5.74, 6) is -1.81. The first-order valence-electron chi connectivity index (χ1n) is 18.8. The van der Waals surface area contributed by atoms with Crippen molar-refractivity contribution < 1.29 is 61.8 Å². The lowest BCUT2D eigenvalue weighted by molar-refractivity contribution is -0.330. The molecule has 2 aromatic rings. The third-order valence-corrected chi connectivity index (χ3v) is 15.1. The largest absolute Gasteiger partial charge is 0.457 e. The third kappa shape index (κ3) is 10.3. The van der Waals surface area contributed by atoms with Crippen molar-refractivity contribution in [2.45, 2.75) is 160 Å². The number of carbonyl (C=O) groups excluding carboxylic acids is 3. The van der Waals surface area contributed by atoms with Crippen LogP contribution in [-0.2, 0) is 47.1 Å². The molecule has 12 atom stereocenters. The quantitative estimate of drug-likeness (QED) is 0.163. The lowest BCUT2D eigenvalue weighted by Gasteiger charge is -2.47. The van der Waals surface area contributed by atoms with Crippen LogP contribution in [0.1, 0.15) is 88.4 Å². The second kappa shape index (κ2) is 17.7. The zero-order chi connectivity index (χ0) is 39.4. The van der Waals surface area contributed by atoms with E-state index in [0.717, 1.165) is 0 Å². The summed E-state index contributed by atoms with van der Waals surface area (Å²) < 4.78 is 55.5. The van der Waals surface area contributed by atoms with Crippen LogP contribution in [0.15, 0.2) is 60.7 Å². The van der Waals surface area contributed by atoms with Gasteiger partial charge in [-0.05, 0) is 69.6 Å². The van der Waals surface area contributed by atoms with Gasteiger partial charge in [0.05, 0.1) is 41.6 Å². The topological polar surface area (TPSA) is 155 Å². The van der Waals surface area contributed by atoms with Gasteiger partial charge in [-0.2, -0.15) is 0 Å². The molecule has 0 aliphatic carbocycles. The van der Waals surface area contributed by atoms with Crippen LogP contribution in [0.5, 0.6) is 0 Å². The monoisotopic (exact) mass is 772 g/mol. The molecular formula is C40H56O13Si. The Morgan fingerprint density at radius 1 is 0.667 bits per heavy atom. The molecule has 0 bridgehead atoms. The van der Waals surface area contributed by atoms with E-state index in [9.17, 15) is 19.5 Å². The molecule has 298 valence electrons. The minimum Gasteiger partial charge on any atom is -0.457 e. The van der Waals surface area contributed by atoms with Gasteiger partial charge < -0.3 is 47.4 Å². The predicted octanol–water partition coefficient (Wildman–Crippen LogP) is 5.93. The second-order valence-electron chi connectivity index (χ2n) is 15.8. The van der Waals surface area contributed by atoms with Crippen LogP contribution in [-0.4, -0.2) is 105 Å². The van der Waals surface area contributed by atoms with Gasteiger partial charge in [0, 0.05) is 19.8 Å². The number of esters is 3. The Kier molecular flexibility index (Phi) is 13.8. The van der Waals surface area contributed by atoms with Gasteiger partial charge in [0.1, 0.15) is 6.10 Å². The summed E-state index contributed by atoms with van der Waals surface area (Å²) in [5.41, 5.74) is 0.524. The molecule has 0 radical (unpaired) electrons. The number of benzene rings is 2. The number of rotatable bonds is 11. The van der Waals surface area contributed by atoms with Gasteiger partial charge >= 0.3 is 17.9 Å². The highest BCUT2D eigenvalue weighted by Crippen LogP contribution is 2.40. The van der Waals surface area contributed by atoms with Crippen LogP contribution in [0.25, 0.3) is 0 Å². The molecule has 14 heteroatoms. The first-order valence-corrected chi connectivity index (χ1v) is 21.7. The van der Waals surface area contributed by atoms with Gasteiger partial charge in [0.15, 0.2) is 45.5 Å². The molecule has 5 rings (SSSR count). The van der Waals surface area contributed by atoms with Crippen LogP contribution < -0.4 is 0 Å². The highest BCUT2D eigenvalue weighted by molar-refractivity contribution is 6.74. The fraction of sp³-hybridized carbons (Fsp3) is 0.625. The maximum atomic E-state index is 13.4. The zero-order valence-electron chi connectivity index (χ0n) is 32.7. The molecule has 0 saturated carbocycles. The van der Waals surface area contributed by atoms with Gasteiger partial charge in [-0.15, -0.1) is 0 Å². The van der Waals surface area contributed by atoms with E-state index in [1.807, 2.05) is 13.8 Å². The fourth-order valence-electron chi connectivity index (χ4n) is 6.67. The van der Waals surface area contributed by atoms with Crippen LogP contribution in [0.4, 0.5) is 0 Å². The molecule has 54 heavy (non-hydrogen) atoms. The number of aliphatic hydroxyl groups excluding tert-OH is 1. The van der Waals surface area contributed by atoms with Crippen LogP contribution in [0.3, 0.4) is 0 Å². The Labute approximate surface area is 318 Å². The van der Waals surface area contributed by atoms with E-state index < -0.39 is 93.9 Å². The van der Waals surface area contributed by atoms with E-state index in [2.05, 4.69) is 33.9 Å². The summed E-state index contributed by atoms with van der Waals surface area (Å²) in [6.45, 7) is 17.6. The van der Waals surface area contributed by atoms with Crippen LogP contribution >= 0.6 is 0 Å². The molecule has 2 aromatic carbocycles. The number of hydrogen-bond donors (Lipinski definition) is 1. The van der Waals surface area contributed by atoms with E-state index in [1.165, 1.54) is 6.92 Å². The molecule has 0 spiro atoms. The van der Waals surface area contributed by atoms with Crippen molar-refractivity contribution in [3.05, 3.63) is 71.8 Å². The average molecular weight is 773 g/mol. The summed E-state index contributed by atoms with van der Waals surface area (Å²) in [6, 6.07) is 16.7. The molecule has 3 aliphatic rings. The van der Waals surface area contributed by atoms with Crippen LogP contribution in [0.2, 0.25) is 18.1 Å².